The Bertz CT molecular complexity index is 835. The monoisotopic (exact) mass is 346 g/mol. The Morgan fingerprint density at radius 2 is 2.25 bits per heavy atom. The van der Waals surface area contributed by atoms with Gasteiger partial charge in [0, 0.05) is 18.7 Å². The molecule has 3 heterocycles. The Labute approximate surface area is 142 Å². The van der Waals surface area contributed by atoms with Gasteiger partial charge in [-0.2, -0.15) is 5.10 Å². The molecule has 126 valence electrons. The molecule has 0 saturated carbocycles. The van der Waals surface area contributed by atoms with E-state index >= 15 is 0 Å². The van der Waals surface area contributed by atoms with Crippen LogP contribution in [0, 0.1) is 12.8 Å². The van der Waals surface area contributed by atoms with Crippen LogP contribution in [0.25, 0.3) is 0 Å². The normalized spacial score (nSPS) is 11.2. The molecule has 3 aromatic rings. The van der Waals surface area contributed by atoms with Crippen LogP contribution in [0.15, 0.2) is 23.0 Å². The largest absolute Gasteiger partial charge is 0.359 e. The van der Waals surface area contributed by atoms with Gasteiger partial charge < -0.3 is 4.52 Å². The molecule has 0 fully saturated rings. The van der Waals surface area contributed by atoms with Crippen molar-refractivity contribution < 1.29 is 9.32 Å². The van der Waals surface area contributed by atoms with E-state index in [1.807, 2.05) is 13.1 Å². The number of aryl methyl sites for hydroxylation is 1. The molecule has 0 aliphatic carbocycles. The van der Waals surface area contributed by atoms with Crippen molar-refractivity contribution >= 4 is 22.4 Å². The average molecular weight is 346 g/mol. The summed E-state index contributed by atoms with van der Waals surface area (Å²) in [6, 6.07) is 1.60. The zero-order valence-corrected chi connectivity index (χ0v) is 14.5. The first-order chi connectivity index (χ1) is 11.5. The van der Waals surface area contributed by atoms with Crippen molar-refractivity contribution in [2.75, 3.05) is 5.32 Å². The van der Waals surface area contributed by atoms with Gasteiger partial charge >= 0.3 is 0 Å². The Hall–Kier alpha value is -2.55. The van der Waals surface area contributed by atoms with Gasteiger partial charge in [-0.3, -0.25) is 14.8 Å². The minimum atomic E-state index is -0.367. The predicted molar refractivity (Wildman–Crippen MR) is 89.0 cm³/mol. The van der Waals surface area contributed by atoms with Gasteiger partial charge in [0.25, 0.3) is 5.91 Å². The van der Waals surface area contributed by atoms with Crippen molar-refractivity contribution in [1.82, 2.24) is 25.1 Å². The SMILES string of the molecule is Cc1cnn(Cc2cc(C(=O)Nc3nnc(CC(C)C)s3)no2)c1. The number of carbonyl (C=O) groups is 1. The van der Waals surface area contributed by atoms with Gasteiger partial charge in [0.15, 0.2) is 11.5 Å². The lowest BCUT2D eigenvalue weighted by Gasteiger charge is -1.97. The van der Waals surface area contributed by atoms with E-state index in [0.29, 0.717) is 23.4 Å². The smallest absolute Gasteiger partial charge is 0.279 e. The lowest BCUT2D eigenvalue weighted by atomic mass is 10.1. The van der Waals surface area contributed by atoms with Gasteiger partial charge in [0.1, 0.15) is 11.6 Å². The number of anilines is 1. The third-order valence-electron chi connectivity index (χ3n) is 3.14. The van der Waals surface area contributed by atoms with Crippen molar-refractivity contribution in [3.05, 3.63) is 40.5 Å². The fraction of sp³-hybridized carbons (Fsp3) is 0.400. The molecule has 0 saturated heterocycles. The molecular formula is C15H18N6O2S. The van der Waals surface area contributed by atoms with Crippen LogP contribution in [-0.4, -0.2) is 31.0 Å². The summed E-state index contributed by atoms with van der Waals surface area (Å²) in [6.45, 7) is 6.60. The first-order valence-corrected chi connectivity index (χ1v) is 8.39. The molecule has 0 atom stereocenters. The van der Waals surface area contributed by atoms with Gasteiger partial charge in [0.05, 0.1) is 6.20 Å². The summed E-state index contributed by atoms with van der Waals surface area (Å²) in [5.74, 6) is 0.681. The molecule has 24 heavy (non-hydrogen) atoms. The Morgan fingerprint density at radius 1 is 1.42 bits per heavy atom. The molecule has 1 N–H and O–H groups in total. The quantitative estimate of drug-likeness (QED) is 0.736. The number of aromatic nitrogens is 5. The van der Waals surface area contributed by atoms with Crippen molar-refractivity contribution in [2.45, 2.75) is 33.7 Å². The lowest BCUT2D eigenvalue weighted by molar-refractivity contribution is 0.101. The molecule has 0 spiro atoms. The fourth-order valence-corrected chi connectivity index (χ4v) is 3.05. The maximum atomic E-state index is 12.2. The average Bonchev–Trinajstić information content (AvgIpc) is 3.22. The molecule has 0 aliphatic heterocycles. The molecular weight excluding hydrogens is 328 g/mol. The highest BCUT2D eigenvalue weighted by Crippen LogP contribution is 2.19. The van der Waals surface area contributed by atoms with Crippen LogP contribution < -0.4 is 5.32 Å². The summed E-state index contributed by atoms with van der Waals surface area (Å²) in [7, 11) is 0. The van der Waals surface area contributed by atoms with E-state index in [1.165, 1.54) is 11.3 Å². The first-order valence-electron chi connectivity index (χ1n) is 7.58. The topological polar surface area (TPSA) is 98.7 Å². The van der Waals surface area contributed by atoms with Crippen LogP contribution >= 0.6 is 11.3 Å². The second-order valence-corrected chi connectivity index (χ2v) is 7.01. The predicted octanol–water partition coefficient (Wildman–Crippen LogP) is 2.53. The van der Waals surface area contributed by atoms with Crippen LogP contribution in [0.1, 0.15) is 40.7 Å². The Balaban J connectivity index is 1.62. The number of hydrogen-bond acceptors (Lipinski definition) is 7. The Morgan fingerprint density at radius 3 is 2.96 bits per heavy atom. The molecule has 0 aromatic carbocycles. The highest BCUT2D eigenvalue weighted by atomic mass is 32.1. The highest BCUT2D eigenvalue weighted by Gasteiger charge is 2.15. The van der Waals surface area contributed by atoms with Gasteiger partial charge in [-0.15, -0.1) is 10.2 Å². The van der Waals surface area contributed by atoms with Gasteiger partial charge in [0.2, 0.25) is 5.13 Å². The molecule has 0 unspecified atom stereocenters. The second-order valence-electron chi connectivity index (χ2n) is 5.95. The summed E-state index contributed by atoms with van der Waals surface area (Å²) in [5, 5.41) is 20.1. The van der Waals surface area contributed by atoms with Crippen molar-refractivity contribution in [2.24, 2.45) is 5.92 Å². The lowest BCUT2D eigenvalue weighted by Crippen LogP contribution is -2.12. The summed E-state index contributed by atoms with van der Waals surface area (Å²) in [6.07, 6.45) is 4.49. The maximum absolute atomic E-state index is 12.2. The van der Waals surface area contributed by atoms with E-state index in [2.05, 4.69) is 39.6 Å². The van der Waals surface area contributed by atoms with Crippen LogP contribution in [0.3, 0.4) is 0 Å². The van der Waals surface area contributed by atoms with E-state index in [1.54, 1.807) is 16.9 Å². The number of amides is 1. The molecule has 3 rings (SSSR count). The third-order valence-corrected chi connectivity index (χ3v) is 4.00. The first kappa shape index (κ1) is 16.3. The summed E-state index contributed by atoms with van der Waals surface area (Å²) in [5.41, 5.74) is 1.26. The third kappa shape index (κ3) is 4.05. The molecule has 3 aromatic heterocycles. The standard InChI is InChI=1S/C15H18N6O2S/c1-9(2)4-13-18-19-15(24-13)17-14(22)12-5-11(23-20-12)8-21-7-10(3)6-16-21/h5-7,9H,4,8H2,1-3H3,(H,17,19,22). The highest BCUT2D eigenvalue weighted by molar-refractivity contribution is 7.15. The van der Waals surface area contributed by atoms with Crippen LogP contribution in [0.5, 0.6) is 0 Å². The van der Waals surface area contributed by atoms with E-state index < -0.39 is 0 Å². The molecule has 1 amide bonds. The van der Waals surface area contributed by atoms with Crippen LogP contribution in [-0.2, 0) is 13.0 Å². The molecule has 8 nitrogen and oxygen atoms in total. The van der Waals surface area contributed by atoms with Gasteiger partial charge in [-0.25, -0.2) is 0 Å². The van der Waals surface area contributed by atoms with Crippen LogP contribution in [0.2, 0.25) is 0 Å². The van der Waals surface area contributed by atoms with E-state index in [0.717, 1.165) is 17.0 Å². The van der Waals surface area contributed by atoms with Crippen LogP contribution in [0.4, 0.5) is 5.13 Å². The number of nitrogens with zero attached hydrogens (tertiary/aromatic N) is 5. The molecule has 0 radical (unpaired) electrons. The van der Waals surface area contributed by atoms with Crippen molar-refractivity contribution in [1.29, 1.82) is 0 Å². The zero-order valence-electron chi connectivity index (χ0n) is 13.7. The number of hydrogen-bond donors (Lipinski definition) is 1. The van der Waals surface area contributed by atoms with E-state index in [4.69, 9.17) is 4.52 Å². The second kappa shape index (κ2) is 6.91. The molecule has 0 aliphatic rings. The van der Waals surface area contributed by atoms with Crippen molar-refractivity contribution in [3.8, 4) is 0 Å². The number of nitrogens with one attached hydrogen (secondary N) is 1. The van der Waals surface area contributed by atoms with Gasteiger partial charge in [-0.05, 0) is 18.4 Å². The maximum Gasteiger partial charge on any atom is 0.279 e. The zero-order chi connectivity index (χ0) is 17.1. The number of rotatable bonds is 6. The summed E-state index contributed by atoms with van der Waals surface area (Å²) in [4.78, 5) is 12.2. The molecule has 0 bridgehead atoms. The molecule has 9 heteroatoms. The van der Waals surface area contributed by atoms with E-state index in [-0.39, 0.29) is 11.6 Å². The van der Waals surface area contributed by atoms with E-state index in [9.17, 15) is 4.79 Å². The van der Waals surface area contributed by atoms with Gasteiger partial charge in [-0.1, -0.05) is 30.3 Å². The summed E-state index contributed by atoms with van der Waals surface area (Å²) < 4.78 is 6.91. The Kier molecular flexibility index (Phi) is 4.70. The number of carbonyl (C=O) groups excluding carboxylic acids is 1. The summed E-state index contributed by atoms with van der Waals surface area (Å²) >= 11 is 1.37. The fourth-order valence-electron chi connectivity index (χ4n) is 2.10. The van der Waals surface area contributed by atoms with Crippen molar-refractivity contribution in [3.63, 3.8) is 0 Å². The minimum Gasteiger partial charge on any atom is -0.359 e. The minimum absolute atomic E-state index is 0.203.